The maximum atomic E-state index is 9.17. The summed E-state index contributed by atoms with van der Waals surface area (Å²) in [5, 5.41) is 12.7. The molecule has 0 aromatic carbocycles. The molecule has 0 aliphatic carbocycles. The Morgan fingerprint density at radius 1 is 1.41 bits per heavy atom. The van der Waals surface area contributed by atoms with Crippen molar-refractivity contribution in [3.63, 3.8) is 0 Å². The zero-order chi connectivity index (χ0) is 12.5. The number of rotatable bonds is 9. The number of unbranched alkanes of at least 4 members (excludes halogenated alkanes) is 2. The van der Waals surface area contributed by atoms with E-state index in [4.69, 9.17) is 5.11 Å². The van der Waals surface area contributed by atoms with Crippen LogP contribution in [0.25, 0.3) is 0 Å². The van der Waals surface area contributed by atoms with Gasteiger partial charge in [-0.25, -0.2) is 0 Å². The van der Waals surface area contributed by atoms with E-state index in [1.54, 1.807) is 0 Å². The lowest BCUT2D eigenvalue weighted by atomic mass is 10.1. The number of aliphatic hydroxyl groups is 1. The Bertz CT molecular complexity index is 181. The minimum Gasteiger partial charge on any atom is -0.395 e. The molecule has 1 fully saturated rings. The molecule has 3 nitrogen and oxygen atoms in total. The van der Waals surface area contributed by atoms with Crippen LogP contribution >= 0.6 is 0 Å². The average molecular weight is 242 g/mol. The lowest BCUT2D eigenvalue weighted by molar-refractivity contribution is 0.140. The summed E-state index contributed by atoms with van der Waals surface area (Å²) in [6.45, 7) is 7.94. The second kappa shape index (κ2) is 8.90. The first-order chi connectivity index (χ1) is 8.27. The average Bonchev–Trinajstić information content (AvgIpc) is 2.81. The molecule has 0 saturated carbocycles. The monoisotopic (exact) mass is 242 g/mol. The zero-order valence-electron chi connectivity index (χ0n) is 11.6. The van der Waals surface area contributed by atoms with E-state index in [9.17, 15) is 0 Å². The molecule has 0 radical (unpaired) electrons. The molecule has 3 heteroatoms. The van der Waals surface area contributed by atoms with Crippen molar-refractivity contribution in [2.45, 2.75) is 64.5 Å². The summed E-state index contributed by atoms with van der Waals surface area (Å²) < 4.78 is 0. The summed E-state index contributed by atoms with van der Waals surface area (Å²) in [4.78, 5) is 2.46. The Labute approximate surface area is 107 Å². The summed E-state index contributed by atoms with van der Waals surface area (Å²) in [5.41, 5.74) is 0. The Kier molecular flexibility index (Phi) is 7.82. The van der Waals surface area contributed by atoms with E-state index < -0.39 is 0 Å². The smallest absolute Gasteiger partial charge is 0.0558 e. The maximum Gasteiger partial charge on any atom is 0.0558 e. The fourth-order valence-electron chi connectivity index (χ4n) is 2.69. The van der Waals surface area contributed by atoms with Crippen LogP contribution < -0.4 is 5.32 Å². The van der Waals surface area contributed by atoms with Crippen molar-refractivity contribution in [2.75, 3.05) is 26.2 Å². The topological polar surface area (TPSA) is 35.5 Å². The van der Waals surface area contributed by atoms with Gasteiger partial charge in [-0.3, -0.25) is 4.90 Å². The van der Waals surface area contributed by atoms with Gasteiger partial charge in [0.25, 0.3) is 0 Å². The van der Waals surface area contributed by atoms with Crippen LogP contribution in [0.5, 0.6) is 0 Å². The SMILES string of the molecule is CCCCCC(C)N(CCO)CC1CCCN1. The fraction of sp³-hybridized carbons (Fsp3) is 1.00. The molecular formula is C14H30N2O. The lowest BCUT2D eigenvalue weighted by Crippen LogP contribution is -2.43. The molecule has 0 aromatic rings. The van der Waals surface area contributed by atoms with Gasteiger partial charge in [-0.1, -0.05) is 26.2 Å². The highest BCUT2D eigenvalue weighted by Gasteiger charge is 2.20. The summed E-state index contributed by atoms with van der Waals surface area (Å²) >= 11 is 0. The highest BCUT2D eigenvalue weighted by molar-refractivity contribution is 4.80. The molecule has 1 aliphatic rings. The third-order valence-electron chi connectivity index (χ3n) is 3.85. The van der Waals surface area contributed by atoms with E-state index in [0.29, 0.717) is 12.1 Å². The van der Waals surface area contributed by atoms with Crippen LogP contribution in [-0.4, -0.2) is 48.3 Å². The summed E-state index contributed by atoms with van der Waals surface area (Å²) in [6.07, 6.45) is 7.81. The highest BCUT2D eigenvalue weighted by Crippen LogP contribution is 2.13. The van der Waals surface area contributed by atoms with Crippen molar-refractivity contribution in [3.8, 4) is 0 Å². The number of hydrogen-bond donors (Lipinski definition) is 2. The van der Waals surface area contributed by atoms with E-state index in [1.165, 1.54) is 45.1 Å². The van der Waals surface area contributed by atoms with Crippen molar-refractivity contribution < 1.29 is 5.11 Å². The zero-order valence-corrected chi connectivity index (χ0v) is 11.6. The standard InChI is InChI=1S/C14H30N2O/c1-3-4-5-7-13(2)16(10-11-17)12-14-8-6-9-15-14/h13-15,17H,3-12H2,1-2H3. The molecule has 2 unspecified atom stereocenters. The van der Waals surface area contributed by atoms with Crippen molar-refractivity contribution in [1.82, 2.24) is 10.2 Å². The molecule has 1 aliphatic heterocycles. The van der Waals surface area contributed by atoms with E-state index >= 15 is 0 Å². The fourth-order valence-corrected chi connectivity index (χ4v) is 2.69. The van der Waals surface area contributed by atoms with E-state index in [1.807, 2.05) is 0 Å². The van der Waals surface area contributed by atoms with Crippen LogP contribution in [0.1, 0.15) is 52.4 Å². The van der Waals surface area contributed by atoms with Crippen molar-refractivity contribution in [1.29, 1.82) is 0 Å². The Morgan fingerprint density at radius 3 is 2.82 bits per heavy atom. The molecule has 1 saturated heterocycles. The molecule has 0 spiro atoms. The largest absolute Gasteiger partial charge is 0.395 e. The Balaban J connectivity index is 2.28. The summed E-state index contributed by atoms with van der Waals surface area (Å²) in [5.74, 6) is 0. The van der Waals surface area contributed by atoms with E-state index in [0.717, 1.165) is 13.1 Å². The van der Waals surface area contributed by atoms with Gasteiger partial charge in [-0.05, 0) is 32.7 Å². The third kappa shape index (κ3) is 5.84. The van der Waals surface area contributed by atoms with Crippen molar-refractivity contribution >= 4 is 0 Å². The molecule has 0 amide bonds. The molecule has 2 N–H and O–H groups in total. The second-order valence-corrected chi connectivity index (χ2v) is 5.36. The number of nitrogens with zero attached hydrogens (tertiary/aromatic N) is 1. The van der Waals surface area contributed by atoms with Crippen molar-refractivity contribution in [2.24, 2.45) is 0 Å². The van der Waals surface area contributed by atoms with Gasteiger partial charge < -0.3 is 10.4 Å². The molecule has 17 heavy (non-hydrogen) atoms. The summed E-state index contributed by atoms with van der Waals surface area (Å²) in [7, 11) is 0. The number of aliphatic hydroxyl groups excluding tert-OH is 1. The quantitative estimate of drug-likeness (QED) is 0.607. The van der Waals surface area contributed by atoms with Crippen LogP contribution in [-0.2, 0) is 0 Å². The Hall–Kier alpha value is -0.120. The van der Waals surface area contributed by atoms with Crippen LogP contribution in [0, 0.1) is 0 Å². The normalized spacial score (nSPS) is 22.2. The van der Waals surface area contributed by atoms with Crippen LogP contribution in [0.15, 0.2) is 0 Å². The van der Waals surface area contributed by atoms with Crippen molar-refractivity contribution in [3.05, 3.63) is 0 Å². The first-order valence-electron chi connectivity index (χ1n) is 7.36. The van der Waals surface area contributed by atoms with Gasteiger partial charge in [0.15, 0.2) is 0 Å². The molecule has 102 valence electrons. The first-order valence-corrected chi connectivity index (χ1v) is 7.36. The maximum absolute atomic E-state index is 9.17. The predicted molar refractivity (Wildman–Crippen MR) is 73.3 cm³/mol. The molecule has 0 bridgehead atoms. The second-order valence-electron chi connectivity index (χ2n) is 5.36. The molecule has 1 heterocycles. The minimum atomic E-state index is 0.283. The molecular weight excluding hydrogens is 212 g/mol. The van der Waals surface area contributed by atoms with Gasteiger partial charge in [0.1, 0.15) is 0 Å². The van der Waals surface area contributed by atoms with Gasteiger partial charge in [-0.2, -0.15) is 0 Å². The first kappa shape index (κ1) is 14.9. The minimum absolute atomic E-state index is 0.283. The molecule has 0 aromatic heterocycles. The Morgan fingerprint density at radius 2 is 2.24 bits per heavy atom. The van der Waals surface area contributed by atoms with E-state index in [2.05, 4.69) is 24.1 Å². The number of nitrogens with one attached hydrogen (secondary N) is 1. The molecule has 2 atom stereocenters. The van der Waals surface area contributed by atoms with Gasteiger partial charge in [0.2, 0.25) is 0 Å². The number of hydrogen-bond acceptors (Lipinski definition) is 3. The van der Waals surface area contributed by atoms with Gasteiger partial charge in [0, 0.05) is 25.2 Å². The van der Waals surface area contributed by atoms with Crippen LogP contribution in [0.4, 0.5) is 0 Å². The third-order valence-corrected chi connectivity index (χ3v) is 3.85. The van der Waals surface area contributed by atoms with E-state index in [-0.39, 0.29) is 6.61 Å². The highest BCUT2D eigenvalue weighted by atomic mass is 16.3. The van der Waals surface area contributed by atoms with Crippen LogP contribution in [0.2, 0.25) is 0 Å². The van der Waals surface area contributed by atoms with Gasteiger partial charge >= 0.3 is 0 Å². The van der Waals surface area contributed by atoms with Gasteiger partial charge in [0.05, 0.1) is 6.61 Å². The lowest BCUT2D eigenvalue weighted by Gasteiger charge is -2.31. The summed E-state index contributed by atoms with van der Waals surface area (Å²) in [6, 6.07) is 1.26. The van der Waals surface area contributed by atoms with Gasteiger partial charge in [-0.15, -0.1) is 0 Å². The molecule has 1 rings (SSSR count). The van der Waals surface area contributed by atoms with Crippen LogP contribution in [0.3, 0.4) is 0 Å². The predicted octanol–water partition coefficient (Wildman–Crippen LogP) is 2.00.